The quantitative estimate of drug-likeness (QED) is 0.119. The zero-order chi connectivity index (χ0) is 32.9. The lowest BCUT2D eigenvalue weighted by atomic mass is 9.90. The van der Waals surface area contributed by atoms with Gasteiger partial charge in [0.25, 0.3) is 5.56 Å². The number of hydrogen-bond acceptors (Lipinski definition) is 5. The molecule has 1 aromatic heterocycles. The van der Waals surface area contributed by atoms with Crippen molar-refractivity contribution in [2.75, 3.05) is 26.0 Å². The number of fused-ring (bicyclic) bond motifs is 1. The molecule has 3 N–H and O–H groups in total. The third kappa shape index (κ3) is 7.05. The summed E-state index contributed by atoms with van der Waals surface area (Å²) < 4.78 is 80.4. The maximum absolute atomic E-state index is 15.8. The van der Waals surface area contributed by atoms with Crippen LogP contribution in [0.1, 0.15) is 55.5 Å². The number of rotatable bonds is 12. The van der Waals surface area contributed by atoms with Crippen LogP contribution in [0.25, 0.3) is 11.1 Å². The molecule has 0 aliphatic carbocycles. The summed E-state index contributed by atoms with van der Waals surface area (Å²) in [6.45, 7) is 5.26. The largest absolute Gasteiger partial charge is 0.494 e. The molecule has 1 aliphatic heterocycles. The Bertz CT molecular complexity index is 1630. The first-order valence-corrected chi connectivity index (χ1v) is 15.8. The Morgan fingerprint density at radius 3 is 2.51 bits per heavy atom. The van der Waals surface area contributed by atoms with Gasteiger partial charge in [0, 0.05) is 28.9 Å². The zero-order valence-electron chi connectivity index (χ0n) is 25.7. The first kappa shape index (κ1) is 34.5. The average molecular weight is 648 g/mol. The maximum Gasteiger partial charge on any atom is 0.413 e. The Kier molecular flexibility index (Phi) is 11.3. The van der Waals surface area contributed by atoms with E-state index < -0.39 is 53.4 Å². The van der Waals surface area contributed by atoms with Crippen LogP contribution in [0.2, 0.25) is 0 Å². The molecule has 0 bridgehead atoms. The van der Waals surface area contributed by atoms with Crippen LogP contribution in [0.15, 0.2) is 81.4 Å². The van der Waals surface area contributed by atoms with Crippen LogP contribution in [-0.2, 0) is 6.42 Å². The summed E-state index contributed by atoms with van der Waals surface area (Å²) in [4.78, 5) is 14.5. The molecule has 0 radical (unpaired) electrons. The summed E-state index contributed by atoms with van der Waals surface area (Å²) in [5, 5.41) is 3.95. The summed E-state index contributed by atoms with van der Waals surface area (Å²) in [7, 11) is 1.31. The number of pyridine rings is 1. The van der Waals surface area contributed by atoms with Crippen molar-refractivity contribution in [3.05, 3.63) is 104 Å². The molecule has 0 saturated heterocycles. The molecule has 2 aromatic carbocycles. The topological polar surface area (TPSA) is 69.3 Å². The highest BCUT2D eigenvalue weighted by Crippen LogP contribution is 2.45. The van der Waals surface area contributed by atoms with E-state index in [-0.39, 0.29) is 28.5 Å². The number of thioether (sulfide) groups is 1. The molecule has 0 fully saturated rings. The molecule has 2 unspecified atom stereocenters. The van der Waals surface area contributed by atoms with E-state index in [9.17, 15) is 18.0 Å². The molecule has 45 heavy (non-hydrogen) atoms. The van der Waals surface area contributed by atoms with E-state index in [2.05, 4.69) is 5.32 Å². The number of alkyl halides is 3. The van der Waals surface area contributed by atoms with Crippen LogP contribution >= 0.6 is 11.8 Å². The number of allylic oxidation sites excluding steroid dienone is 4. The Balaban J connectivity index is 2.06. The van der Waals surface area contributed by atoms with Crippen molar-refractivity contribution >= 4 is 11.8 Å². The summed E-state index contributed by atoms with van der Waals surface area (Å²) in [5.74, 6) is -1.44. The number of benzene rings is 2. The van der Waals surface area contributed by atoms with Crippen molar-refractivity contribution in [1.29, 1.82) is 0 Å². The number of aromatic nitrogens is 1. The fraction of sp³-hybridized carbons (Fsp3) is 0.382. The Labute approximate surface area is 264 Å². The van der Waals surface area contributed by atoms with Gasteiger partial charge in [-0.3, -0.25) is 9.36 Å². The Morgan fingerprint density at radius 1 is 1.20 bits per heavy atom. The number of hydrogen-bond donors (Lipinski definition) is 2. The maximum atomic E-state index is 15.8. The summed E-state index contributed by atoms with van der Waals surface area (Å²) in [5.41, 5.74) is 5.27. The van der Waals surface area contributed by atoms with E-state index >= 15 is 8.78 Å². The highest BCUT2D eigenvalue weighted by molar-refractivity contribution is 7.99. The minimum absolute atomic E-state index is 0.00304. The number of nitrogens with two attached hydrogens (primary N) is 1. The molecule has 242 valence electrons. The second-order valence-corrected chi connectivity index (χ2v) is 11.8. The van der Waals surface area contributed by atoms with Gasteiger partial charge in [-0.2, -0.15) is 13.2 Å². The minimum atomic E-state index is -4.77. The van der Waals surface area contributed by atoms with Gasteiger partial charge in [-0.05, 0) is 62.5 Å². The molecular formula is C34H38F5N3O2S. The van der Waals surface area contributed by atoms with Crippen LogP contribution in [0.3, 0.4) is 0 Å². The van der Waals surface area contributed by atoms with Gasteiger partial charge in [-0.15, -0.1) is 11.8 Å². The van der Waals surface area contributed by atoms with Gasteiger partial charge in [-0.1, -0.05) is 55.5 Å². The monoisotopic (exact) mass is 647 g/mol. The standard InChI is InChI=1S/C34H38F5N3O2S/c1-5-25(34(37,38)39)24(26(35)6-2)18-23-20(3)29(22-14-10-15-28(44-4)30(22)36)32(43)42-27(19-45-33(23)42)31(41-17-11-16-40)21-12-8-7-9-13-21/h6-10,12-15,27,31,41H,5,11,16-19,40H2,1-4H3/b25-24+,26-6+. The molecule has 5 nitrogen and oxygen atoms in total. The molecule has 3 aromatic rings. The predicted octanol–water partition coefficient (Wildman–Crippen LogP) is 7.98. The van der Waals surface area contributed by atoms with Crippen LogP contribution in [0.5, 0.6) is 5.75 Å². The highest BCUT2D eigenvalue weighted by Gasteiger charge is 2.39. The number of nitrogens with zero attached hydrogens (tertiary/aromatic N) is 1. The lowest BCUT2D eigenvalue weighted by Crippen LogP contribution is -2.37. The lowest BCUT2D eigenvalue weighted by molar-refractivity contribution is -0.0945. The molecule has 0 spiro atoms. The lowest BCUT2D eigenvalue weighted by Gasteiger charge is -2.28. The minimum Gasteiger partial charge on any atom is -0.494 e. The summed E-state index contributed by atoms with van der Waals surface area (Å²) in [6.07, 6.45) is -3.96. The fourth-order valence-corrected chi connectivity index (χ4v) is 7.35. The zero-order valence-corrected chi connectivity index (χ0v) is 26.5. The van der Waals surface area contributed by atoms with E-state index in [0.717, 1.165) is 11.6 Å². The van der Waals surface area contributed by atoms with Gasteiger partial charge in [0.05, 0.1) is 29.8 Å². The Hall–Kier alpha value is -3.41. The van der Waals surface area contributed by atoms with Gasteiger partial charge in [0.1, 0.15) is 5.83 Å². The van der Waals surface area contributed by atoms with Crippen LogP contribution < -0.4 is 21.3 Å². The van der Waals surface area contributed by atoms with Crippen LogP contribution in [0.4, 0.5) is 22.0 Å². The normalized spacial score (nSPS) is 16.4. The van der Waals surface area contributed by atoms with Crippen molar-refractivity contribution in [2.45, 2.75) is 63.3 Å². The van der Waals surface area contributed by atoms with Crippen LogP contribution in [-0.4, -0.2) is 36.7 Å². The van der Waals surface area contributed by atoms with E-state index in [0.29, 0.717) is 35.9 Å². The number of ether oxygens (including phenoxy) is 1. The van der Waals surface area contributed by atoms with E-state index in [1.165, 1.54) is 44.9 Å². The molecule has 0 amide bonds. The van der Waals surface area contributed by atoms with Gasteiger partial charge in [0.15, 0.2) is 11.6 Å². The van der Waals surface area contributed by atoms with Crippen molar-refractivity contribution in [3.8, 4) is 16.9 Å². The molecule has 2 heterocycles. The third-order valence-corrected chi connectivity index (χ3v) is 9.38. The van der Waals surface area contributed by atoms with Gasteiger partial charge >= 0.3 is 6.18 Å². The molecule has 0 saturated carbocycles. The summed E-state index contributed by atoms with van der Waals surface area (Å²) in [6, 6.07) is 13.1. The first-order valence-electron chi connectivity index (χ1n) is 14.8. The van der Waals surface area contributed by atoms with Gasteiger partial charge in [0.2, 0.25) is 0 Å². The molecule has 1 aliphatic rings. The number of halogens is 5. The second-order valence-electron chi connectivity index (χ2n) is 10.8. The van der Waals surface area contributed by atoms with E-state index in [1.807, 2.05) is 30.3 Å². The first-order chi connectivity index (χ1) is 21.5. The van der Waals surface area contributed by atoms with Crippen molar-refractivity contribution < 1.29 is 26.7 Å². The summed E-state index contributed by atoms with van der Waals surface area (Å²) >= 11 is 1.33. The highest BCUT2D eigenvalue weighted by atomic mass is 32.2. The Morgan fingerprint density at radius 2 is 1.91 bits per heavy atom. The predicted molar refractivity (Wildman–Crippen MR) is 170 cm³/mol. The van der Waals surface area contributed by atoms with Crippen molar-refractivity contribution in [2.24, 2.45) is 5.73 Å². The molecule has 2 atom stereocenters. The molecular weight excluding hydrogens is 609 g/mol. The van der Waals surface area contributed by atoms with E-state index in [4.69, 9.17) is 10.5 Å². The van der Waals surface area contributed by atoms with E-state index in [1.54, 1.807) is 17.6 Å². The molecule has 4 rings (SSSR count). The fourth-order valence-electron chi connectivity index (χ4n) is 5.93. The molecule has 11 heteroatoms. The third-order valence-electron chi connectivity index (χ3n) is 8.16. The van der Waals surface area contributed by atoms with Crippen molar-refractivity contribution in [3.63, 3.8) is 0 Å². The van der Waals surface area contributed by atoms with Gasteiger partial charge < -0.3 is 15.8 Å². The average Bonchev–Trinajstić information content (AvgIpc) is 3.46. The van der Waals surface area contributed by atoms with Gasteiger partial charge in [-0.25, -0.2) is 8.78 Å². The smallest absolute Gasteiger partial charge is 0.413 e. The SMILES string of the molecule is C/C=C(F)\C(Cc1c(C)c(-c2cccc(OC)c2F)c(=O)n2c1SCC2C(NCCCN)c1ccccc1)=C(/CC)C(F)(F)F. The second kappa shape index (κ2) is 14.8. The number of nitrogens with one attached hydrogen (secondary N) is 1. The van der Waals surface area contributed by atoms with Crippen LogP contribution in [0, 0.1) is 12.7 Å². The van der Waals surface area contributed by atoms with Crippen molar-refractivity contribution in [1.82, 2.24) is 9.88 Å². The number of methoxy groups -OCH3 is 1.